The van der Waals surface area contributed by atoms with Gasteiger partial charge in [-0.1, -0.05) is 13.0 Å². The molecule has 0 unspecified atom stereocenters. The van der Waals surface area contributed by atoms with Crippen LogP contribution in [-0.2, 0) is 11.2 Å². The SMILES string of the molecule is CCc1c(F)ccc2cc(O)cc(-c3ncc4c(N5C[C@H]6CC[C@@]6(C(=O)O)C5)nc(OC[C@@]56CCCN5C[C@H](F)C6)nc4c3F)c12. The van der Waals surface area contributed by atoms with Gasteiger partial charge in [-0.15, -0.1) is 0 Å². The zero-order valence-corrected chi connectivity index (χ0v) is 25.4. The van der Waals surface area contributed by atoms with Crippen molar-refractivity contribution in [2.75, 3.05) is 37.7 Å². The molecule has 9 nitrogen and oxygen atoms in total. The lowest BCUT2D eigenvalue weighted by Gasteiger charge is -2.39. The molecule has 4 aliphatic rings. The maximum atomic E-state index is 16.8. The van der Waals surface area contributed by atoms with Crippen LogP contribution in [0.4, 0.5) is 19.0 Å². The number of aliphatic carboxylic acids is 1. The molecular formula is C34H34F3N5O4. The second kappa shape index (κ2) is 10.4. The summed E-state index contributed by atoms with van der Waals surface area (Å²) in [6.07, 6.45) is 4.19. The van der Waals surface area contributed by atoms with Gasteiger partial charge in [-0.2, -0.15) is 9.97 Å². The normalized spacial score (nSPS) is 27.3. The van der Waals surface area contributed by atoms with E-state index in [4.69, 9.17) is 9.72 Å². The third-order valence-corrected chi connectivity index (χ3v) is 11.0. The van der Waals surface area contributed by atoms with E-state index in [1.165, 1.54) is 30.5 Å². The van der Waals surface area contributed by atoms with Crippen molar-refractivity contribution in [1.29, 1.82) is 0 Å². The van der Waals surface area contributed by atoms with Gasteiger partial charge in [-0.25, -0.2) is 13.2 Å². The van der Waals surface area contributed by atoms with Crippen molar-refractivity contribution in [3.05, 3.63) is 47.7 Å². The highest BCUT2D eigenvalue weighted by atomic mass is 19.1. The fourth-order valence-electron chi connectivity index (χ4n) is 8.55. The minimum atomic E-state index is -0.953. The number of hydrogen-bond acceptors (Lipinski definition) is 8. The van der Waals surface area contributed by atoms with Crippen LogP contribution in [0.3, 0.4) is 0 Å². The molecule has 1 saturated carbocycles. The highest BCUT2D eigenvalue weighted by molar-refractivity contribution is 6.02. The number of anilines is 1. The number of pyridine rings is 1. The molecule has 12 heteroatoms. The van der Waals surface area contributed by atoms with Crippen LogP contribution in [0.1, 0.15) is 44.6 Å². The predicted octanol–water partition coefficient (Wildman–Crippen LogP) is 5.65. The van der Waals surface area contributed by atoms with Crippen molar-refractivity contribution in [2.45, 2.75) is 57.2 Å². The number of aromatic nitrogens is 3. The Morgan fingerprint density at radius 3 is 2.76 bits per heavy atom. The van der Waals surface area contributed by atoms with Gasteiger partial charge in [-0.3, -0.25) is 14.7 Å². The number of ether oxygens (including phenoxy) is 1. The van der Waals surface area contributed by atoms with Crippen LogP contribution in [0, 0.1) is 23.0 Å². The molecule has 3 saturated heterocycles. The average molecular weight is 634 g/mol. The Labute approximate surface area is 263 Å². The van der Waals surface area contributed by atoms with Crippen LogP contribution in [0.25, 0.3) is 32.9 Å². The zero-order valence-electron chi connectivity index (χ0n) is 25.4. The molecule has 3 aliphatic heterocycles. The van der Waals surface area contributed by atoms with Crippen molar-refractivity contribution < 1.29 is 32.9 Å². The van der Waals surface area contributed by atoms with E-state index >= 15 is 4.39 Å². The molecule has 0 spiro atoms. The zero-order chi connectivity index (χ0) is 32.0. The number of carboxylic acids is 1. The Kier molecular flexibility index (Phi) is 6.62. The summed E-state index contributed by atoms with van der Waals surface area (Å²) in [4.78, 5) is 29.9. The van der Waals surface area contributed by atoms with E-state index in [1.54, 1.807) is 6.92 Å². The molecule has 0 bridgehead atoms. The first-order chi connectivity index (χ1) is 22.1. The number of fused-ring (bicyclic) bond motifs is 4. The summed E-state index contributed by atoms with van der Waals surface area (Å²) in [5.41, 5.74) is -0.997. The molecule has 4 fully saturated rings. The van der Waals surface area contributed by atoms with Crippen molar-refractivity contribution in [3.8, 4) is 23.0 Å². The first kappa shape index (κ1) is 29.2. The molecule has 2 aromatic heterocycles. The summed E-state index contributed by atoms with van der Waals surface area (Å²) in [6.45, 7) is 3.70. The Morgan fingerprint density at radius 2 is 2.02 bits per heavy atom. The summed E-state index contributed by atoms with van der Waals surface area (Å²) in [5, 5.41) is 21.9. The Morgan fingerprint density at radius 1 is 1.17 bits per heavy atom. The number of carbonyl (C=O) groups is 1. The Balaban J connectivity index is 1.28. The third kappa shape index (κ3) is 4.25. The summed E-state index contributed by atoms with van der Waals surface area (Å²) in [7, 11) is 0. The Bertz CT molecular complexity index is 1930. The molecule has 240 valence electrons. The lowest BCUT2D eigenvalue weighted by Crippen LogP contribution is -2.46. The monoisotopic (exact) mass is 633 g/mol. The molecule has 0 radical (unpaired) electrons. The minimum Gasteiger partial charge on any atom is -0.508 e. The van der Waals surface area contributed by atoms with Crippen molar-refractivity contribution in [2.24, 2.45) is 11.3 Å². The molecule has 4 atom stereocenters. The van der Waals surface area contributed by atoms with Crippen molar-refractivity contribution in [1.82, 2.24) is 19.9 Å². The van der Waals surface area contributed by atoms with Crippen LogP contribution in [0.15, 0.2) is 30.5 Å². The van der Waals surface area contributed by atoms with E-state index < -0.39 is 34.7 Å². The van der Waals surface area contributed by atoms with Crippen LogP contribution < -0.4 is 9.64 Å². The summed E-state index contributed by atoms with van der Waals surface area (Å²) < 4.78 is 52.4. The van der Waals surface area contributed by atoms with Gasteiger partial charge in [0.05, 0.1) is 16.3 Å². The number of phenols is 1. The number of benzene rings is 2. The largest absolute Gasteiger partial charge is 0.508 e. The van der Waals surface area contributed by atoms with Crippen LogP contribution in [0.2, 0.25) is 0 Å². The minimum absolute atomic E-state index is 0.0663. The molecule has 1 aliphatic carbocycles. The molecule has 0 amide bonds. The first-order valence-corrected chi connectivity index (χ1v) is 15.9. The quantitative estimate of drug-likeness (QED) is 0.267. The number of phenolic OH excluding ortho intramolecular Hbond substituents is 1. The molecule has 8 rings (SSSR count). The van der Waals surface area contributed by atoms with Gasteiger partial charge >= 0.3 is 12.0 Å². The molecule has 5 heterocycles. The van der Waals surface area contributed by atoms with Crippen LogP contribution in [0.5, 0.6) is 11.8 Å². The highest BCUT2D eigenvalue weighted by Gasteiger charge is 2.59. The van der Waals surface area contributed by atoms with Gasteiger partial charge in [0.25, 0.3) is 0 Å². The van der Waals surface area contributed by atoms with E-state index in [9.17, 15) is 23.8 Å². The number of rotatable bonds is 7. The maximum absolute atomic E-state index is 16.8. The number of aromatic hydroxyl groups is 1. The number of nitrogens with zero attached hydrogens (tertiary/aromatic N) is 5. The predicted molar refractivity (Wildman–Crippen MR) is 165 cm³/mol. The third-order valence-electron chi connectivity index (χ3n) is 11.0. The van der Waals surface area contributed by atoms with Gasteiger partial charge in [-0.05, 0) is 79.1 Å². The summed E-state index contributed by atoms with van der Waals surface area (Å²) in [5.74, 6) is -1.97. The maximum Gasteiger partial charge on any atom is 0.319 e. The highest BCUT2D eigenvalue weighted by Crippen LogP contribution is 2.53. The Hall–Kier alpha value is -4.19. The van der Waals surface area contributed by atoms with Gasteiger partial charge in [0.2, 0.25) is 0 Å². The number of halogens is 3. The fraction of sp³-hybridized carbons (Fsp3) is 0.471. The number of alkyl halides is 1. The van der Waals surface area contributed by atoms with E-state index in [0.717, 1.165) is 25.8 Å². The van der Waals surface area contributed by atoms with Gasteiger partial charge in [0.15, 0.2) is 5.82 Å². The van der Waals surface area contributed by atoms with Crippen molar-refractivity contribution in [3.63, 3.8) is 0 Å². The van der Waals surface area contributed by atoms with E-state index in [1.807, 2.05) is 4.90 Å². The standard InChI is InChI=1S/C34H34F3N5O4/c1-2-22-25(36)5-4-18-10-21(43)11-23(26(18)22)28-27(37)29-24(13-38-28)30(41-14-19-6-8-34(19,16-41)31(44)45)40-32(39-29)46-17-33-7-3-9-42(33)15-20(35)12-33/h4-5,10-11,13,19-20,43H,2-3,6-9,12,14-17H2,1H3,(H,44,45)/t19-,20-,33+,34-/m1/s1. The lowest BCUT2D eigenvalue weighted by molar-refractivity contribution is -0.156. The topological polar surface area (TPSA) is 112 Å². The summed E-state index contributed by atoms with van der Waals surface area (Å²) >= 11 is 0. The van der Waals surface area contributed by atoms with E-state index in [0.29, 0.717) is 54.5 Å². The second-order valence-electron chi connectivity index (χ2n) is 13.4. The van der Waals surface area contributed by atoms with Gasteiger partial charge < -0.3 is 19.8 Å². The van der Waals surface area contributed by atoms with Gasteiger partial charge in [0.1, 0.15) is 41.4 Å². The van der Waals surface area contributed by atoms with Crippen LogP contribution >= 0.6 is 0 Å². The van der Waals surface area contributed by atoms with Crippen molar-refractivity contribution >= 4 is 33.5 Å². The number of aryl methyl sites for hydroxylation is 1. The lowest BCUT2D eigenvalue weighted by atomic mass is 9.62. The van der Waals surface area contributed by atoms with Gasteiger partial charge in [0, 0.05) is 37.8 Å². The van der Waals surface area contributed by atoms with Crippen LogP contribution in [-0.4, -0.2) is 80.5 Å². The average Bonchev–Trinajstić information content (AvgIpc) is 3.63. The smallest absolute Gasteiger partial charge is 0.319 e. The first-order valence-electron chi connectivity index (χ1n) is 15.9. The summed E-state index contributed by atoms with van der Waals surface area (Å²) in [6, 6.07) is 5.64. The molecular weight excluding hydrogens is 599 g/mol. The molecule has 46 heavy (non-hydrogen) atoms. The molecule has 2 N–H and O–H groups in total. The van der Waals surface area contributed by atoms with E-state index in [2.05, 4.69) is 14.9 Å². The molecule has 4 aromatic rings. The number of hydrogen-bond donors (Lipinski definition) is 2. The van der Waals surface area contributed by atoms with E-state index in [-0.39, 0.29) is 53.0 Å². The molecule has 2 aromatic carbocycles. The number of carboxylic acid groups (broad SMARTS) is 1. The second-order valence-corrected chi connectivity index (χ2v) is 13.4. The fourth-order valence-corrected chi connectivity index (χ4v) is 8.55.